The molecule has 0 saturated heterocycles. The van der Waals surface area contributed by atoms with Gasteiger partial charge in [0.05, 0.1) is 6.61 Å². The summed E-state index contributed by atoms with van der Waals surface area (Å²) in [6, 6.07) is 7.57. The first-order chi connectivity index (χ1) is 12.9. The minimum absolute atomic E-state index is 0.119. The second-order valence-electron chi connectivity index (χ2n) is 5.72. The minimum Gasteiger partial charge on any atom is -0.465 e. The van der Waals surface area contributed by atoms with E-state index in [2.05, 4.69) is 27.3 Å². The second kappa shape index (κ2) is 11.0. The van der Waals surface area contributed by atoms with E-state index in [9.17, 15) is 31.2 Å². The van der Waals surface area contributed by atoms with E-state index in [4.69, 9.17) is 9.29 Å². The summed E-state index contributed by atoms with van der Waals surface area (Å²) in [5.74, 6) is -3.75. The number of halogens is 4. The molecular weight excluding hydrogens is 520 g/mol. The summed E-state index contributed by atoms with van der Waals surface area (Å²) in [5.41, 5.74) is 0.967. The van der Waals surface area contributed by atoms with Gasteiger partial charge in [0.15, 0.2) is 0 Å². The maximum absolute atomic E-state index is 12.6. The van der Waals surface area contributed by atoms with Crippen molar-refractivity contribution in [3.8, 4) is 0 Å². The summed E-state index contributed by atoms with van der Waals surface area (Å²) in [6.07, 6.45) is -8.51. The average molecular weight is 538 g/mol. The van der Waals surface area contributed by atoms with Crippen LogP contribution < -0.4 is 0 Å². The molecule has 0 amide bonds. The molecule has 0 aliphatic heterocycles. The van der Waals surface area contributed by atoms with Crippen molar-refractivity contribution in [2.45, 2.75) is 38.0 Å². The molecule has 1 aromatic rings. The average Bonchev–Trinajstić information content (AvgIpc) is 2.54. The lowest BCUT2D eigenvalue weighted by atomic mass is 10.2. The highest BCUT2D eigenvalue weighted by Crippen LogP contribution is 2.24. The van der Waals surface area contributed by atoms with Crippen LogP contribution in [0.25, 0.3) is 0 Å². The van der Waals surface area contributed by atoms with E-state index in [1.807, 2.05) is 24.3 Å². The predicted octanol–water partition coefficient (Wildman–Crippen LogP) is 2.91. The van der Waals surface area contributed by atoms with E-state index in [-0.39, 0.29) is 19.4 Å². The van der Waals surface area contributed by atoms with Crippen LogP contribution in [0.3, 0.4) is 0 Å². The van der Waals surface area contributed by atoms with Crippen LogP contribution in [0.15, 0.2) is 24.3 Å². The molecule has 0 aliphatic carbocycles. The van der Waals surface area contributed by atoms with E-state index in [1.54, 1.807) is 0 Å². The standard InChI is InChI=1S/C16H18F3IO7S/c17-16(18,19)13(10-28(23,24)25)27-15(22)3-1-2-14(21)26-9-8-11-4-6-12(20)7-5-11/h4-7,13H,1-3,8-10H2,(H,23,24,25). The summed E-state index contributed by atoms with van der Waals surface area (Å²) >= 11 is 2.15. The Morgan fingerprint density at radius 3 is 2.21 bits per heavy atom. The summed E-state index contributed by atoms with van der Waals surface area (Å²) in [6.45, 7) is 0.119. The Morgan fingerprint density at radius 1 is 1.11 bits per heavy atom. The third-order valence-electron chi connectivity index (χ3n) is 3.33. The molecule has 0 bridgehead atoms. The first-order valence-electron chi connectivity index (χ1n) is 7.98. The molecule has 0 spiro atoms. The van der Waals surface area contributed by atoms with Crippen molar-refractivity contribution >= 4 is 44.6 Å². The van der Waals surface area contributed by atoms with Gasteiger partial charge in [-0.3, -0.25) is 14.1 Å². The summed E-state index contributed by atoms with van der Waals surface area (Å²) in [4.78, 5) is 23.0. The molecule has 0 aliphatic rings. The quantitative estimate of drug-likeness (QED) is 0.278. The van der Waals surface area contributed by atoms with Gasteiger partial charge in [-0.05, 0) is 46.7 Å². The van der Waals surface area contributed by atoms with Gasteiger partial charge in [0, 0.05) is 22.8 Å². The number of carbonyl (C=O) groups excluding carboxylic acids is 2. The molecule has 1 aromatic carbocycles. The molecule has 0 radical (unpaired) electrons. The van der Waals surface area contributed by atoms with Crippen LogP contribution in [0.1, 0.15) is 24.8 Å². The Kier molecular flexibility index (Phi) is 9.63. The molecule has 28 heavy (non-hydrogen) atoms. The van der Waals surface area contributed by atoms with Crippen LogP contribution in [-0.4, -0.2) is 49.5 Å². The minimum atomic E-state index is -5.15. The fourth-order valence-corrected chi connectivity index (χ4v) is 2.99. The van der Waals surface area contributed by atoms with Gasteiger partial charge in [-0.1, -0.05) is 12.1 Å². The number of ether oxygens (including phenoxy) is 2. The fourth-order valence-electron chi connectivity index (χ4n) is 1.99. The highest BCUT2D eigenvalue weighted by Gasteiger charge is 2.45. The molecule has 12 heteroatoms. The maximum Gasteiger partial charge on any atom is 0.426 e. The van der Waals surface area contributed by atoms with E-state index >= 15 is 0 Å². The van der Waals surface area contributed by atoms with E-state index in [0.717, 1.165) is 9.13 Å². The Morgan fingerprint density at radius 2 is 1.68 bits per heavy atom. The summed E-state index contributed by atoms with van der Waals surface area (Å²) in [7, 11) is -4.99. The second-order valence-corrected chi connectivity index (χ2v) is 8.46. The number of hydrogen-bond donors (Lipinski definition) is 1. The molecule has 1 rings (SSSR count). The van der Waals surface area contributed by atoms with E-state index < -0.39 is 46.5 Å². The topological polar surface area (TPSA) is 107 Å². The van der Waals surface area contributed by atoms with Crippen molar-refractivity contribution in [3.63, 3.8) is 0 Å². The van der Waals surface area contributed by atoms with Gasteiger partial charge in [0.1, 0.15) is 5.75 Å². The van der Waals surface area contributed by atoms with Gasteiger partial charge in [-0.25, -0.2) is 0 Å². The van der Waals surface area contributed by atoms with Gasteiger partial charge >= 0.3 is 18.1 Å². The molecule has 158 valence electrons. The lowest BCUT2D eigenvalue weighted by Crippen LogP contribution is -2.39. The molecule has 0 saturated carbocycles. The smallest absolute Gasteiger partial charge is 0.426 e. The highest BCUT2D eigenvalue weighted by molar-refractivity contribution is 14.1. The Balaban J connectivity index is 2.31. The SMILES string of the molecule is O=C(CCCC(=O)OC(CS(=O)(=O)O)C(F)(F)F)OCCc1ccc(I)cc1. The van der Waals surface area contributed by atoms with Crippen LogP contribution >= 0.6 is 22.6 Å². The maximum atomic E-state index is 12.6. The van der Waals surface area contributed by atoms with Gasteiger partial charge in [-0.2, -0.15) is 21.6 Å². The van der Waals surface area contributed by atoms with Crippen molar-refractivity contribution in [1.82, 2.24) is 0 Å². The molecule has 1 unspecified atom stereocenters. The monoisotopic (exact) mass is 538 g/mol. The molecule has 0 fully saturated rings. The first-order valence-corrected chi connectivity index (χ1v) is 10.7. The number of benzene rings is 1. The van der Waals surface area contributed by atoms with Crippen molar-refractivity contribution in [3.05, 3.63) is 33.4 Å². The molecule has 1 N–H and O–H groups in total. The van der Waals surface area contributed by atoms with Gasteiger partial charge in [-0.15, -0.1) is 0 Å². The highest BCUT2D eigenvalue weighted by atomic mass is 127. The van der Waals surface area contributed by atoms with Gasteiger partial charge in [0.2, 0.25) is 6.10 Å². The summed E-state index contributed by atoms with van der Waals surface area (Å²) < 4.78 is 77.7. The molecule has 0 aromatic heterocycles. The fraction of sp³-hybridized carbons (Fsp3) is 0.500. The Hall–Kier alpha value is -1.41. The van der Waals surface area contributed by atoms with Crippen molar-refractivity contribution in [2.24, 2.45) is 0 Å². The third-order valence-corrected chi connectivity index (χ3v) is 4.77. The Labute approximate surface area is 173 Å². The first kappa shape index (κ1) is 24.6. The normalized spacial score (nSPS) is 13.0. The molecular formula is C16H18F3IO7S. The number of rotatable bonds is 10. The van der Waals surface area contributed by atoms with Crippen molar-refractivity contribution < 1.29 is 45.2 Å². The zero-order valence-corrected chi connectivity index (χ0v) is 17.4. The van der Waals surface area contributed by atoms with Crippen molar-refractivity contribution in [1.29, 1.82) is 0 Å². The lowest BCUT2D eigenvalue weighted by Gasteiger charge is -2.19. The van der Waals surface area contributed by atoms with Crippen molar-refractivity contribution in [2.75, 3.05) is 12.4 Å². The van der Waals surface area contributed by atoms with E-state index in [0.29, 0.717) is 6.42 Å². The largest absolute Gasteiger partial charge is 0.465 e. The zero-order chi connectivity index (χ0) is 21.4. The van der Waals surface area contributed by atoms with E-state index in [1.165, 1.54) is 0 Å². The van der Waals surface area contributed by atoms with Gasteiger partial charge < -0.3 is 9.47 Å². The number of esters is 2. The number of hydrogen-bond acceptors (Lipinski definition) is 6. The van der Waals surface area contributed by atoms with Crippen LogP contribution in [0.5, 0.6) is 0 Å². The summed E-state index contributed by atoms with van der Waals surface area (Å²) in [5, 5.41) is 0. The molecule has 7 nitrogen and oxygen atoms in total. The lowest BCUT2D eigenvalue weighted by molar-refractivity contribution is -0.215. The van der Waals surface area contributed by atoms with Gasteiger partial charge in [0.25, 0.3) is 10.1 Å². The third kappa shape index (κ3) is 10.8. The van der Waals surface area contributed by atoms with Crippen LogP contribution in [0.4, 0.5) is 13.2 Å². The number of carbonyl (C=O) groups is 2. The molecule has 1 atom stereocenters. The Bertz CT molecular complexity index is 763. The van der Waals surface area contributed by atoms with Crippen LogP contribution in [0.2, 0.25) is 0 Å². The number of alkyl halides is 3. The van der Waals surface area contributed by atoms with Crippen LogP contribution in [-0.2, 0) is 35.6 Å². The van der Waals surface area contributed by atoms with Crippen LogP contribution in [0, 0.1) is 3.57 Å². The zero-order valence-electron chi connectivity index (χ0n) is 14.4. The predicted molar refractivity (Wildman–Crippen MR) is 100 cm³/mol. The molecule has 0 heterocycles.